The topological polar surface area (TPSA) is 87.1 Å². The second-order valence-corrected chi connectivity index (χ2v) is 4.19. The third-order valence-electron chi connectivity index (χ3n) is 3.06. The summed E-state index contributed by atoms with van der Waals surface area (Å²) >= 11 is 0. The van der Waals surface area contributed by atoms with Crippen molar-refractivity contribution in [3.05, 3.63) is 11.3 Å². The Morgan fingerprint density at radius 1 is 1.59 bits per heavy atom. The molecule has 2 rings (SSSR count). The van der Waals surface area contributed by atoms with Gasteiger partial charge in [0.05, 0.1) is 13.0 Å². The molecule has 2 atom stereocenters. The summed E-state index contributed by atoms with van der Waals surface area (Å²) in [5.74, 6) is -1.08. The van der Waals surface area contributed by atoms with E-state index in [0.717, 1.165) is 6.42 Å². The molecule has 0 aromatic carbocycles. The molecule has 94 valence electrons. The summed E-state index contributed by atoms with van der Waals surface area (Å²) in [7, 11) is 0. The van der Waals surface area contributed by atoms with Gasteiger partial charge < -0.3 is 14.9 Å². The number of carbonyl (C=O) groups excluding carboxylic acids is 1. The highest BCUT2D eigenvalue weighted by Gasteiger charge is 2.54. The Bertz CT molecular complexity index is 389. The lowest BCUT2D eigenvalue weighted by Gasteiger charge is -2.33. The van der Waals surface area contributed by atoms with Crippen LogP contribution in [0.5, 0.6) is 0 Å². The van der Waals surface area contributed by atoms with Crippen molar-refractivity contribution in [2.45, 2.75) is 38.5 Å². The van der Waals surface area contributed by atoms with Crippen molar-refractivity contribution in [2.24, 2.45) is 0 Å². The maximum atomic E-state index is 11.3. The molecule has 2 fully saturated rings. The van der Waals surface area contributed by atoms with Crippen molar-refractivity contribution >= 4 is 11.9 Å². The minimum Gasteiger partial charge on any atom is -0.479 e. The molecule has 0 aromatic heterocycles. The molecule has 6 heteroatoms. The Morgan fingerprint density at radius 2 is 2.29 bits per heavy atom. The van der Waals surface area contributed by atoms with Crippen LogP contribution in [0.3, 0.4) is 0 Å². The van der Waals surface area contributed by atoms with Gasteiger partial charge in [-0.15, -0.1) is 0 Å². The van der Waals surface area contributed by atoms with Gasteiger partial charge in [-0.2, -0.15) is 0 Å². The van der Waals surface area contributed by atoms with Crippen LogP contribution in [0.25, 0.3) is 0 Å². The number of ether oxygens (including phenoxy) is 1. The van der Waals surface area contributed by atoms with Crippen LogP contribution in [-0.2, 0) is 14.3 Å². The number of nitrogens with zero attached hydrogens (tertiary/aromatic N) is 1. The smallest absolute Gasteiger partial charge is 0.334 e. The zero-order valence-corrected chi connectivity index (χ0v) is 9.55. The van der Waals surface area contributed by atoms with Crippen molar-refractivity contribution in [3.63, 3.8) is 0 Å². The van der Waals surface area contributed by atoms with E-state index < -0.39 is 18.2 Å². The van der Waals surface area contributed by atoms with Crippen LogP contribution in [0.4, 0.5) is 0 Å². The van der Waals surface area contributed by atoms with Crippen LogP contribution < -0.4 is 0 Å². The first kappa shape index (κ1) is 11.9. The van der Waals surface area contributed by atoms with Gasteiger partial charge >= 0.3 is 5.97 Å². The normalized spacial score (nSPS) is 29.5. The SMILES string of the molecule is CCC/C(CO)=C1\O[C@@H]2CC(=O)N2C1C(=O)O. The highest BCUT2D eigenvalue weighted by atomic mass is 16.5. The zero-order chi connectivity index (χ0) is 12.6. The monoisotopic (exact) mass is 241 g/mol. The van der Waals surface area contributed by atoms with E-state index in [0.29, 0.717) is 12.0 Å². The molecule has 0 bridgehead atoms. The second-order valence-electron chi connectivity index (χ2n) is 4.19. The molecule has 0 spiro atoms. The molecule has 1 unspecified atom stereocenters. The lowest BCUT2D eigenvalue weighted by atomic mass is 10.0. The maximum Gasteiger partial charge on any atom is 0.334 e. The number of β-lactam (4-membered cyclic amide) rings is 1. The van der Waals surface area contributed by atoms with Gasteiger partial charge in [-0.05, 0) is 12.0 Å². The van der Waals surface area contributed by atoms with Crippen LogP contribution in [0.15, 0.2) is 11.3 Å². The van der Waals surface area contributed by atoms with Gasteiger partial charge in [0.25, 0.3) is 0 Å². The predicted octanol–water partition coefficient (Wildman–Crippen LogP) is 0.0747. The van der Waals surface area contributed by atoms with E-state index in [2.05, 4.69) is 0 Å². The van der Waals surface area contributed by atoms with Gasteiger partial charge in [0.1, 0.15) is 5.76 Å². The number of carbonyl (C=O) groups is 2. The molecule has 0 aromatic rings. The summed E-state index contributed by atoms with van der Waals surface area (Å²) in [6.45, 7) is 1.70. The molecule has 1 amide bonds. The predicted molar refractivity (Wildman–Crippen MR) is 56.8 cm³/mol. The minimum atomic E-state index is -1.11. The van der Waals surface area contributed by atoms with Gasteiger partial charge in [-0.3, -0.25) is 9.69 Å². The highest BCUT2D eigenvalue weighted by molar-refractivity contribution is 5.91. The largest absolute Gasteiger partial charge is 0.479 e. The van der Waals surface area contributed by atoms with Gasteiger partial charge in [0.2, 0.25) is 5.91 Å². The molecule has 0 radical (unpaired) electrons. The van der Waals surface area contributed by atoms with Crippen LogP contribution in [-0.4, -0.2) is 45.9 Å². The molecule has 2 aliphatic rings. The van der Waals surface area contributed by atoms with Crippen molar-refractivity contribution < 1.29 is 24.5 Å². The summed E-state index contributed by atoms with van der Waals surface area (Å²) in [4.78, 5) is 23.7. The summed E-state index contributed by atoms with van der Waals surface area (Å²) in [6, 6.07) is -1.06. The van der Waals surface area contributed by atoms with Crippen molar-refractivity contribution in [3.8, 4) is 0 Å². The summed E-state index contributed by atoms with van der Waals surface area (Å²) in [5.41, 5.74) is 0.571. The van der Waals surface area contributed by atoms with E-state index in [1.807, 2.05) is 6.92 Å². The lowest BCUT2D eigenvalue weighted by molar-refractivity contribution is -0.163. The number of amides is 1. The lowest BCUT2D eigenvalue weighted by Crippen LogP contribution is -2.54. The molecule has 2 N–H and O–H groups in total. The third kappa shape index (κ3) is 1.78. The van der Waals surface area contributed by atoms with Crippen molar-refractivity contribution in [1.82, 2.24) is 4.90 Å². The summed E-state index contributed by atoms with van der Waals surface area (Å²) in [6.07, 6.45) is 1.12. The number of aliphatic hydroxyl groups excluding tert-OH is 1. The van der Waals surface area contributed by atoms with Crippen molar-refractivity contribution in [1.29, 1.82) is 0 Å². The molecule has 17 heavy (non-hydrogen) atoms. The van der Waals surface area contributed by atoms with E-state index >= 15 is 0 Å². The van der Waals surface area contributed by atoms with Gasteiger partial charge in [-0.1, -0.05) is 13.3 Å². The molecule has 6 nitrogen and oxygen atoms in total. The van der Waals surface area contributed by atoms with Crippen LogP contribution in [0.2, 0.25) is 0 Å². The minimum absolute atomic E-state index is 0.216. The molecule has 2 aliphatic heterocycles. The fourth-order valence-electron chi connectivity index (χ4n) is 2.24. The maximum absolute atomic E-state index is 11.3. The Kier molecular flexibility index (Phi) is 3.06. The molecule has 0 aliphatic carbocycles. The van der Waals surface area contributed by atoms with Crippen molar-refractivity contribution in [2.75, 3.05) is 6.61 Å². The molecular weight excluding hydrogens is 226 g/mol. The van der Waals surface area contributed by atoms with E-state index in [4.69, 9.17) is 9.84 Å². The fourth-order valence-corrected chi connectivity index (χ4v) is 2.24. The Labute approximate surface area is 98.5 Å². The first-order chi connectivity index (χ1) is 8.10. The Hall–Kier alpha value is -1.56. The highest BCUT2D eigenvalue weighted by Crippen LogP contribution is 2.38. The van der Waals surface area contributed by atoms with Crippen LogP contribution in [0.1, 0.15) is 26.2 Å². The first-order valence-electron chi connectivity index (χ1n) is 5.63. The van der Waals surface area contributed by atoms with Gasteiger partial charge in [0, 0.05) is 0 Å². The molecule has 0 saturated carbocycles. The first-order valence-corrected chi connectivity index (χ1v) is 5.63. The zero-order valence-electron chi connectivity index (χ0n) is 9.55. The molecule has 2 saturated heterocycles. The number of fused-ring (bicyclic) bond motifs is 1. The standard InChI is InChI=1S/C11H15NO5/c1-2-3-6(5-13)10-9(11(15)16)12-7(14)4-8(12)17-10/h8-9,13H,2-5H2,1H3,(H,15,16)/b10-6+/t8-,9?/m1/s1. The molecular formula is C11H15NO5. The fraction of sp³-hybridized carbons (Fsp3) is 0.636. The van der Waals surface area contributed by atoms with E-state index in [1.54, 1.807) is 0 Å². The van der Waals surface area contributed by atoms with E-state index in [9.17, 15) is 14.7 Å². The average molecular weight is 241 g/mol. The number of carboxylic acid groups (broad SMARTS) is 1. The average Bonchev–Trinajstić information content (AvgIpc) is 2.59. The van der Waals surface area contributed by atoms with Crippen LogP contribution >= 0.6 is 0 Å². The Balaban J connectivity index is 2.33. The number of rotatable bonds is 4. The van der Waals surface area contributed by atoms with E-state index in [1.165, 1.54) is 4.90 Å². The number of hydrogen-bond donors (Lipinski definition) is 2. The summed E-state index contributed by atoms with van der Waals surface area (Å²) < 4.78 is 5.45. The van der Waals surface area contributed by atoms with E-state index in [-0.39, 0.29) is 24.7 Å². The number of hydrogen-bond acceptors (Lipinski definition) is 4. The van der Waals surface area contributed by atoms with Crippen LogP contribution in [0, 0.1) is 0 Å². The summed E-state index contributed by atoms with van der Waals surface area (Å²) in [5, 5.41) is 18.4. The Morgan fingerprint density at radius 3 is 2.76 bits per heavy atom. The second kappa shape index (κ2) is 4.37. The quantitative estimate of drug-likeness (QED) is 0.680. The van der Waals surface area contributed by atoms with Gasteiger partial charge in [0.15, 0.2) is 12.3 Å². The molecule has 2 heterocycles. The number of aliphatic hydroxyl groups is 1. The van der Waals surface area contributed by atoms with Gasteiger partial charge in [-0.25, -0.2) is 4.79 Å². The number of carboxylic acids is 1. The number of aliphatic carboxylic acids is 1. The third-order valence-corrected chi connectivity index (χ3v) is 3.06.